The highest BCUT2D eigenvalue weighted by atomic mass is 79.9. The molecule has 2 atom stereocenters. The fourth-order valence-corrected chi connectivity index (χ4v) is 4.57. The summed E-state index contributed by atoms with van der Waals surface area (Å²) in [5, 5.41) is 4.32. The summed E-state index contributed by atoms with van der Waals surface area (Å²) in [7, 11) is 0. The van der Waals surface area contributed by atoms with E-state index in [1.807, 2.05) is 11.8 Å². The number of benzene rings is 2. The third-order valence-electron chi connectivity index (χ3n) is 3.96. The maximum absolute atomic E-state index is 3.69. The highest BCUT2D eigenvalue weighted by Crippen LogP contribution is 2.38. The zero-order valence-electron chi connectivity index (χ0n) is 12.2. The number of halogens is 1. The quantitative estimate of drug-likeness (QED) is 0.828. The van der Waals surface area contributed by atoms with Gasteiger partial charge in [-0.15, -0.1) is 11.8 Å². The number of hydrogen-bond acceptors (Lipinski definition) is 2. The van der Waals surface area contributed by atoms with Gasteiger partial charge >= 0.3 is 0 Å². The SMILES string of the molecule is CCNC(Cc1ccc(Br)cc1)C1Cc2ccccc2S1. The molecule has 0 saturated carbocycles. The van der Waals surface area contributed by atoms with Crippen molar-refractivity contribution < 1.29 is 0 Å². The van der Waals surface area contributed by atoms with Crippen molar-refractivity contribution in [2.24, 2.45) is 0 Å². The molecule has 2 aromatic rings. The van der Waals surface area contributed by atoms with E-state index in [2.05, 4.69) is 76.7 Å². The van der Waals surface area contributed by atoms with E-state index in [0.717, 1.165) is 17.4 Å². The minimum Gasteiger partial charge on any atom is -0.313 e. The van der Waals surface area contributed by atoms with Crippen molar-refractivity contribution in [1.82, 2.24) is 5.32 Å². The lowest BCUT2D eigenvalue weighted by molar-refractivity contribution is 0.506. The number of thioether (sulfide) groups is 1. The van der Waals surface area contributed by atoms with Crippen molar-refractivity contribution in [3.8, 4) is 0 Å². The van der Waals surface area contributed by atoms with Gasteiger partial charge in [-0.05, 0) is 48.7 Å². The van der Waals surface area contributed by atoms with E-state index in [9.17, 15) is 0 Å². The van der Waals surface area contributed by atoms with E-state index in [4.69, 9.17) is 0 Å². The molecule has 1 aliphatic heterocycles. The minimum atomic E-state index is 0.522. The van der Waals surface area contributed by atoms with Crippen LogP contribution in [0.5, 0.6) is 0 Å². The number of likely N-dealkylation sites (N-methyl/N-ethyl adjacent to an activating group) is 1. The molecule has 2 unspecified atom stereocenters. The maximum Gasteiger partial charge on any atom is 0.0292 e. The van der Waals surface area contributed by atoms with Crippen LogP contribution in [0.4, 0.5) is 0 Å². The average molecular weight is 362 g/mol. The normalized spacial score (nSPS) is 18.5. The first-order valence-electron chi connectivity index (χ1n) is 7.48. The summed E-state index contributed by atoms with van der Waals surface area (Å²) in [5.41, 5.74) is 2.91. The Morgan fingerprint density at radius 1 is 1.19 bits per heavy atom. The predicted molar refractivity (Wildman–Crippen MR) is 95.1 cm³/mol. The molecule has 3 rings (SSSR count). The molecule has 0 spiro atoms. The Morgan fingerprint density at radius 3 is 2.67 bits per heavy atom. The van der Waals surface area contributed by atoms with Crippen molar-refractivity contribution in [3.63, 3.8) is 0 Å². The van der Waals surface area contributed by atoms with Crippen LogP contribution in [0.15, 0.2) is 57.9 Å². The van der Waals surface area contributed by atoms with Gasteiger partial charge in [0.05, 0.1) is 0 Å². The predicted octanol–water partition coefficient (Wildman–Crippen LogP) is 4.69. The molecule has 1 N–H and O–H groups in total. The first kappa shape index (κ1) is 15.1. The van der Waals surface area contributed by atoms with Gasteiger partial charge in [-0.3, -0.25) is 0 Å². The smallest absolute Gasteiger partial charge is 0.0292 e. The van der Waals surface area contributed by atoms with E-state index < -0.39 is 0 Å². The van der Waals surface area contributed by atoms with E-state index in [-0.39, 0.29) is 0 Å². The van der Waals surface area contributed by atoms with Gasteiger partial charge in [0.1, 0.15) is 0 Å². The molecule has 110 valence electrons. The Bertz CT molecular complexity index is 571. The molecule has 3 heteroatoms. The zero-order valence-corrected chi connectivity index (χ0v) is 14.6. The topological polar surface area (TPSA) is 12.0 Å². The molecule has 0 bridgehead atoms. The minimum absolute atomic E-state index is 0.522. The molecular weight excluding hydrogens is 342 g/mol. The van der Waals surface area contributed by atoms with Crippen molar-refractivity contribution in [2.45, 2.75) is 36.0 Å². The number of nitrogens with one attached hydrogen (secondary N) is 1. The van der Waals surface area contributed by atoms with Crippen molar-refractivity contribution in [1.29, 1.82) is 0 Å². The Hall–Kier alpha value is -0.770. The maximum atomic E-state index is 3.69. The molecule has 0 aliphatic carbocycles. The van der Waals surface area contributed by atoms with Gasteiger partial charge in [-0.25, -0.2) is 0 Å². The van der Waals surface area contributed by atoms with Gasteiger partial charge in [0.15, 0.2) is 0 Å². The largest absolute Gasteiger partial charge is 0.313 e. The van der Waals surface area contributed by atoms with Crippen molar-refractivity contribution >= 4 is 27.7 Å². The highest BCUT2D eigenvalue weighted by Gasteiger charge is 2.28. The van der Waals surface area contributed by atoms with Crippen molar-refractivity contribution in [2.75, 3.05) is 6.54 Å². The first-order valence-corrected chi connectivity index (χ1v) is 9.16. The summed E-state index contributed by atoms with van der Waals surface area (Å²) >= 11 is 5.54. The molecule has 2 aromatic carbocycles. The molecule has 0 fully saturated rings. The number of fused-ring (bicyclic) bond motifs is 1. The lowest BCUT2D eigenvalue weighted by atomic mass is 9.99. The number of rotatable bonds is 5. The second-order valence-corrected chi connectivity index (χ2v) is 7.66. The zero-order chi connectivity index (χ0) is 14.7. The van der Waals surface area contributed by atoms with Gasteiger partial charge < -0.3 is 5.32 Å². The first-order chi connectivity index (χ1) is 10.3. The summed E-state index contributed by atoms with van der Waals surface area (Å²) in [6.45, 7) is 3.22. The highest BCUT2D eigenvalue weighted by molar-refractivity contribution is 9.10. The van der Waals surface area contributed by atoms with Crippen LogP contribution >= 0.6 is 27.7 Å². The molecule has 0 amide bonds. The second-order valence-electron chi connectivity index (χ2n) is 5.46. The molecule has 1 aliphatic rings. The molecule has 1 nitrogen and oxygen atoms in total. The van der Waals surface area contributed by atoms with Crippen molar-refractivity contribution in [3.05, 3.63) is 64.1 Å². The van der Waals surface area contributed by atoms with Crippen LogP contribution < -0.4 is 5.32 Å². The molecular formula is C18H20BrNS. The van der Waals surface area contributed by atoms with Gasteiger partial charge in [-0.1, -0.05) is 53.2 Å². The fourth-order valence-electron chi connectivity index (χ4n) is 2.90. The van der Waals surface area contributed by atoms with Gasteiger partial charge in [0, 0.05) is 20.7 Å². The van der Waals surface area contributed by atoms with Crippen LogP contribution in [-0.2, 0) is 12.8 Å². The standard InChI is InChI=1S/C18H20BrNS/c1-2-20-16(11-13-7-9-15(19)10-8-13)18-12-14-5-3-4-6-17(14)21-18/h3-10,16,18,20H,2,11-12H2,1H3. The van der Waals surface area contributed by atoms with Gasteiger partial charge in [-0.2, -0.15) is 0 Å². The molecule has 0 aromatic heterocycles. The van der Waals surface area contributed by atoms with Crippen LogP contribution in [0.1, 0.15) is 18.1 Å². The second kappa shape index (κ2) is 6.99. The Morgan fingerprint density at radius 2 is 1.95 bits per heavy atom. The Labute approximate surface area is 139 Å². The molecule has 1 heterocycles. The third-order valence-corrected chi connectivity index (χ3v) is 5.93. The molecule has 21 heavy (non-hydrogen) atoms. The monoisotopic (exact) mass is 361 g/mol. The summed E-state index contributed by atoms with van der Waals surface area (Å²) in [4.78, 5) is 1.46. The summed E-state index contributed by atoms with van der Waals surface area (Å²) in [6.07, 6.45) is 2.27. The van der Waals surface area contributed by atoms with Crippen LogP contribution in [0, 0.1) is 0 Å². The third kappa shape index (κ3) is 3.71. The lowest BCUT2D eigenvalue weighted by Crippen LogP contribution is -2.39. The Balaban J connectivity index is 1.72. The summed E-state index contributed by atoms with van der Waals surface area (Å²) in [6, 6.07) is 18.1. The van der Waals surface area contributed by atoms with E-state index in [1.54, 1.807) is 0 Å². The Kier molecular flexibility index (Phi) is 5.04. The van der Waals surface area contributed by atoms with Crippen LogP contribution in [0.25, 0.3) is 0 Å². The van der Waals surface area contributed by atoms with Crippen LogP contribution in [0.3, 0.4) is 0 Å². The molecule has 0 saturated heterocycles. The van der Waals surface area contributed by atoms with Gasteiger partial charge in [0.25, 0.3) is 0 Å². The average Bonchev–Trinajstić information content (AvgIpc) is 2.93. The van der Waals surface area contributed by atoms with E-state index in [1.165, 1.54) is 22.4 Å². The van der Waals surface area contributed by atoms with Crippen LogP contribution in [-0.4, -0.2) is 17.8 Å². The van der Waals surface area contributed by atoms with Gasteiger partial charge in [0.2, 0.25) is 0 Å². The number of hydrogen-bond donors (Lipinski definition) is 1. The van der Waals surface area contributed by atoms with E-state index in [0.29, 0.717) is 11.3 Å². The summed E-state index contributed by atoms with van der Waals surface area (Å²) in [5.74, 6) is 0. The fraction of sp³-hybridized carbons (Fsp3) is 0.333. The van der Waals surface area contributed by atoms with E-state index >= 15 is 0 Å². The van der Waals surface area contributed by atoms with Crippen LogP contribution in [0.2, 0.25) is 0 Å². The lowest BCUT2D eigenvalue weighted by Gasteiger charge is -2.24. The molecule has 0 radical (unpaired) electrons. The summed E-state index contributed by atoms with van der Waals surface area (Å²) < 4.78 is 1.15.